The maximum atomic E-state index is 12.4. The summed E-state index contributed by atoms with van der Waals surface area (Å²) in [5.74, 6) is -0.313. The zero-order valence-corrected chi connectivity index (χ0v) is 16.5. The first-order valence-corrected chi connectivity index (χ1v) is 9.65. The minimum atomic E-state index is -3.57. The lowest BCUT2D eigenvalue weighted by Crippen LogP contribution is -2.22. The topological polar surface area (TPSA) is 66.5 Å². The number of anilines is 1. The summed E-state index contributed by atoms with van der Waals surface area (Å²) in [4.78, 5) is 12.4. The molecule has 0 spiro atoms. The normalized spacial score (nSPS) is 11.9. The lowest BCUT2D eigenvalue weighted by molar-refractivity contribution is -0.111. The fourth-order valence-electron chi connectivity index (χ4n) is 2.34. The number of hydrogen-bond acceptors (Lipinski definition) is 3. The Bertz CT molecular complexity index is 944. The minimum Gasteiger partial charge on any atom is -0.322 e. The number of sulfonamides is 1. The van der Waals surface area contributed by atoms with Gasteiger partial charge in [0.1, 0.15) is 0 Å². The molecule has 138 valence electrons. The Hall–Kier alpha value is -2.44. The van der Waals surface area contributed by atoms with Crippen LogP contribution in [0.25, 0.3) is 6.08 Å². The van der Waals surface area contributed by atoms with Crippen molar-refractivity contribution in [3.8, 4) is 0 Å². The molecule has 0 atom stereocenters. The highest BCUT2D eigenvalue weighted by atomic mass is 32.2. The molecule has 0 saturated carbocycles. The predicted octanol–water partition coefficient (Wildman–Crippen LogP) is 3.51. The molecule has 6 heteroatoms. The van der Waals surface area contributed by atoms with Gasteiger partial charge in [-0.25, -0.2) is 12.7 Å². The summed E-state index contributed by atoms with van der Waals surface area (Å²) >= 11 is 0. The lowest BCUT2D eigenvalue weighted by Gasteiger charge is -2.16. The van der Waals surface area contributed by atoms with Crippen LogP contribution < -0.4 is 5.32 Å². The molecule has 2 rings (SSSR count). The van der Waals surface area contributed by atoms with E-state index in [0.29, 0.717) is 5.69 Å². The Kier molecular flexibility index (Phi) is 6.00. The summed E-state index contributed by atoms with van der Waals surface area (Å²) in [6.07, 6.45) is 3.16. The van der Waals surface area contributed by atoms with Crippen molar-refractivity contribution in [2.75, 3.05) is 19.4 Å². The summed E-state index contributed by atoms with van der Waals surface area (Å²) in [5, 5.41) is 2.78. The number of carbonyl (C=O) groups is 1. The molecule has 2 aromatic carbocycles. The molecule has 0 aliphatic carbocycles. The third-order valence-corrected chi connectivity index (χ3v) is 5.97. The Morgan fingerprint density at radius 1 is 1.04 bits per heavy atom. The second kappa shape index (κ2) is 7.85. The maximum absolute atomic E-state index is 12.4. The molecule has 0 aromatic heterocycles. The summed E-state index contributed by atoms with van der Waals surface area (Å²) in [6.45, 7) is 5.67. The monoisotopic (exact) mass is 372 g/mol. The highest BCUT2D eigenvalue weighted by Crippen LogP contribution is 2.25. The average molecular weight is 372 g/mol. The van der Waals surface area contributed by atoms with Crippen LogP contribution in [0.5, 0.6) is 0 Å². The summed E-state index contributed by atoms with van der Waals surface area (Å²) in [7, 11) is -0.611. The second-order valence-corrected chi connectivity index (χ2v) is 8.59. The number of amides is 1. The van der Waals surface area contributed by atoms with Crippen LogP contribution in [-0.2, 0) is 14.8 Å². The number of benzene rings is 2. The van der Waals surface area contributed by atoms with E-state index in [1.54, 1.807) is 12.1 Å². The van der Waals surface area contributed by atoms with E-state index in [1.807, 2.05) is 45.0 Å². The van der Waals surface area contributed by atoms with E-state index in [0.717, 1.165) is 26.6 Å². The van der Waals surface area contributed by atoms with Crippen molar-refractivity contribution in [2.45, 2.75) is 25.7 Å². The molecule has 0 bridgehead atoms. The molecule has 1 amide bonds. The highest BCUT2D eigenvalue weighted by molar-refractivity contribution is 7.89. The molecule has 26 heavy (non-hydrogen) atoms. The second-order valence-electron chi connectivity index (χ2n) is 6.43. The van der Waals surface area contributed by atoms with E-state index < -0.39 is 10.0 Å². The van der Waals surface area contributed by atoms with Gasteiger partial charge in [0.2, 0.25) is 15.9 Å². The maximum Gasteiger partial charge on any atom is 0.248 e. The van der Waals surface area contributed by atoms with Crippen molar-refractivity contribution >= 4 is 27.7 Å². The van der Waals surface area contributed by atoms with Crippen molar-refractivity contribution < 1.29 is 13.2 Å². The van der Waals surface area contributed by atoms with Gasteiger partial charge in [-0.15, -0.1) is 0 Å². The standard InChI is InChI=1S/C20H24N2O3S/c1-14-6-8-17(9-7-14)10-11-20(23)21-19-13-18(12-15(2)16(19)3)26(24,25)22(4)5/h6-13H,1-5H3,(H,21,23)/b11-10+. The highest BCUT2D eigenvalue weighted by Gasteiger charge is 2.19. The fourth-order valence-corrected chi connectivity index (χ4v) is 3.35. The van der Waals surface area contributed by atoms with E-state index in [4.69, 9.17) is 0 Å². The Balaban J connectivity index is 2.27. The zero-order valence-electron chi connectivity index (χ0n) is 15.7. The fraction of sp³-hybridized carbons (Fsp3) is 0.250. The van der Waals surface area contributed by atoms with Gasteiger partial charge in [0.15, 0.2) is 0 Å². The molecule has 2 aromatic rings. The van der Waals surface area contributed by atoms with Crippen molar-refractivity contribution in [3.05, 3.63) is 64.7 Å². The number of nitrogens with one attached hydrogen (secondary N) is 1. The van der Waals surface area contributed by atoms with Gasteiger partial charge >= 0.3 is 0 Å². The molecule has 1 N–H and O–H groups in total. The van der Waals surface area contributed by atoms with Crippen molar-refractivity contribution in [1.82, 2.24) is 4.31 Å². The molecular weight excluding hydrogens is 348 g/mol. The van der Waals surface area contributed by atoms with Crippen LogP contribution in [0.4, 0.5) is 5.69 Å². The zero-order chi connectivity index (χ0) is 19.5. The minimum absolute atomic E-state index is 0.156. The van der Waals surface area contributed by atoms with Crippen LogP contribution in [0.15, 0.2) is 47.4 Å². The third-order valence-electron chi connectivity index (χ3n) is 4.18. The molecule has 0 aliphatic rings. The molecule has 0 aliphatic heterocycles. The van der Waals surface area contributed by atoms with Crippen LogP contribution in [0, 0.1) is 20.8 Å². The van der Waals surface area contributed by atoms with Gasteiger partial charge in [-0.2, -0.15) is 0 Å². The van der Waals surface area contributed by atoms with E-state index in [-0.39, 0.29) is 10.8 Å². The number of nitrogens with zero attached hydrogens (tertiary/aromatic N) is 1. The van der Waals surface area contributed by atoms with Gasteiger partial charge in [0, 0.05) is 25.9 Å². The van der Waals surface area contributed by atoms with Gasteiger partial charge in [-0.05, 0) is 55.7 Å². The molecule has 0 saturated heterocycles. The molecule has 0 unspecified atom stereocenters. The first-order valence-electron chi connectivity index (χ1n) is 8.21. The van der Waals surface area contributed by atoms with E-state index >= 15 is 0 Å². The predicted molar refractivity (Wildman–Crippen MR) is 106 cm³/mol. The Labute approximate surface area is 155 Å². The first-order chi connectivity index (χ1) is 12.1. The summed E-state index contributed by atoms with van der Waals surface area (Å²) in [6, 6.07) is 10.9. The number of rotatable bonds is 5. The number of aryl methyl sites for hydroxylation is 2. The van der Waals surface area contributed by atoms with Crippen LogP contribution in [0.2, 0.25) is 0 Å². The van der Waals surface area contributed by atoms with Crippen LogP contribution in [0.3, 0.4) is 0 Å². The van der Waals surface area contributed by atoms with Crippen molar-refractivity contribution in [1.29, 1.82) is 0 Å². The number of hydrogen-bond donors (Lipinski definition) is 1. The van der Waals surface area contributed by atoms with E-state index in [1.165, 1.54) is 26.2 Å². The van der Waals surface area contributed by atoms with Crippen molar-refractivity contribution in [2.24, 2.45) is 0 Å². The molecule has 0 heterocycles. The van der Waals surface area contributed by atoms with Gasteiger partial charge in [0.05, 0.1) is 4.90 Å². The lowest BCUT2D eigenvalue weighted by atomic mass is 10.1. The largest absolute Gasteiger partial charge is 0.322 e. The molecule has 0 fully saturated rings. The third kappa shape index (κ3) is 4.59. The first kappa shape index (κ1) is 19.9. The molecule has 0 radical (unpaired) electrons. The SMILES string of the molecule is Cc1ccc(/C=C/C(=O)Nc2cc(S(=O)(=O)N(C)C)cc(C)c2C)cc1. The van der Waals surface area contributed by atoms with E-state index in [2.05, 4.69) is 5.32 Å². The quantitative estimate of drug-likeness (QED) is 0.817. The smallest absolute Gasteiger partial charge is 0.248 e. The van der Waals surface area contributed by atoms with Crippen LogP contribution in [0.1, 0.15) is 22.3 Å². The Morgan fingerprint density at radius 2 is 1.65 bits per heavy atom. The van der Waals surface area contributed by atoms with Gasteiger partial charge in [-0.1, -0.05) is 29.8 Å². The molecule has 5 nitrogen and oxygen atoms in total. The van der Waals surface area contributed by atoms with Crippen LogP contribution >= 0.6 is 0 Å². The summed E-state index contributed by atoms with van der Waals surface area (Å²) in [5.41, 5.74) is 4.19. The average Bonchev–Trinajstić information content (AvgIpc) is 2.58. The van der Waals surface area contributed by atoms with Gasteiger partial charge in [0.25, 0.3) is 0 Å². The van der Waals surface area contributed by atoms with Gasteiger partial charge in [-0.3, -0.25) is 4.79 Å². The van der Waals surface area contributed by atoms with E-state index in [9.17, 15) is 13.2 Å². The van der Waals surface area contributed by atoms with Crippen molar-refractivity contribution in [3.63, 3.8) is 0 Å². The van der Waals surface area contributed by atoms with Gasteiger partial charge < -0.3 is 5.32 Å². The van der Waals surface area contributed by atoms with Crippen LogP contribution in [-0.4, -0.2) is 32.7 Å². The number of carbonyl (C=O) groups excluding carboxylic acids is 1. The Morgan fingerprint density at radius 3 is 2.23 bits per heavy atom. The molecular formula is C20H24N2O3S. The summed E-state index contributed by atoms with van der Waals surface area (Å²) < 4.78 is 25.9.